The number of hydrogen-bond donors (Lipinski definition) is 1. The number of esters is 1. The molecule has 1 aromatic carbocycles. The zero-order valence-electron chi connectivity index (χ0n) is 14.2. The van der Waals surface area contributed by atoms with Crippen molar-refractivity contribution in [2.75, 3.05) is 0 Å². The second-order valence-electron chi connectivity index (χ2n) is 7.05. The molecule has 0 radical (unpaired) electrons. The van der Waals surface area contributed by atoms with Crippen LogP contribution in [0.1, 0.15) is 39.7 Å². The number of ether oxygens (including phenoxy) is 2. The van der Waals surface area contributed by atoms with Crippen molar-refractivity contribution in [1.29, 1.82) is 0 Å². The Labute approximate surface area is 137 Å². The second-order valence-corrected chi connectivity index (χ2v) is 7.05. The third-order valence-electron chi connectivity index (χ3n) is 3.71. The highest BCUT2D eigenvalue weighted by Gasteiger charge is 2.37. The molecule has 2 unspecified atom stereocenters. The van der Waals surface area contributed by atoms with Gasteiger partial charge in [0.1, 0.15) is 11.7 Å². The Hall–Kier alpha value is -2.04. The molecule has 3 atom stereocenters. The van der Waals surface area contributed by atoms with Crippen LogP contribution in [0.5, 0.6) is 0 Å². The molecule has 0 spiro atoms. The molecule has 2 rings (SSSR count). The lowest BCUT2D eigenvalue weighted by atomic mass is 9.97. The van der Waals surface area contributed by atoms with Gasteiger partial charge in [-0.15, -0.1) is 0 Å². The molecule has 1 aliphatic heterocycles. The van der Waals surface area contributed by atoms with E-state index in [9.17, 15) is 9.59 Å². The number of hydrogen-bond acceptors (Lipinski definition) is 4. The Morgan fingerprint density at radius 2 is 2.00 bits per heavy atom. The van der Waals surface area contributed by atoms with Gasteiger partial charge in [0.05, 0.1) is 12.0 Å². The van der Waals surface area contributed by atoms with Gasteiger partial charge in [-0.2, -0.15) is 0 Å². The minimum atomic E-state index is -0.568. The van der Waals surface area contributed by atoms with Crippen molar-refractivity contribution in [1.82, 2.24) is 5.32 Å². The van der Waals surface area contributed by atoms with Crippen LogP contribution in [0.3, 0.4) is 0 Å². The van der Waals surface area contributed by atoms with Crippen molar-refractivity contribution in [3.8, 4) is 0 Å². The lowest BCUT2D eigenvalue weighted by Gasteiger charge is -2.26. The van der Waals surface area contributed by atoms with Crippen LogP contribution in [0, 0.1) is 5.92 Å². The molecule has 5 heteroatoms. The smallest absolute Gasteiger partial charge is 0.408 e. The van der Waals surface area contributed by atoms with Gasteiger partial charge in [-0.25, -0.2) is 4.79 Å². The molecule has 1 saturated heterocycles. The predicted octanol–water partition coefficient (Wildman–Crippen LogP) is 3.07. The van der Waals surface area contributed by atoms with Gasteiger partial charge < -0.3 is 14.8 Å². The van der Waals surface area contributed by atoms with Crippen molar-refractivity contribution in [2.24, 2.45) is 5.92 Å². The van der Waals surface area contributed by atoms with Crippen molar-refractivity contribution >= 4 is 12.1 Å². The first-order chi connectivity index (χ1) is 10.7. The average Bonchev–Trinajstić information content (AvgIpc) is 2.77. The second kappa shape index (κ2) is 7.02. The van der Waals surface area contributed by atoms with E-state index in [0.717, 1.165) is 5.56 Å². The third-order valence-corrected chi connectivity index (χ3v) is 3.71. The van der Waals surface area contributed by atoms with Crippen molar-refractivity contribution in [3.05, 3.63) is 35.9 Å². The van der Waals surface area contributed by atoms with Gasteiger partial charge in [0.25, 0.3) is 0 Å². The van der Waals surface area contributed by atoms with E-state index in [1.54, 1.807) is 0 Å². The summed E-state index contributed by atoms with van der Waals surface area (Å²) in [5.41, 5.74) is 0.505. The fraction of sp³-hybridized carbons (Fsp3) is 0.556. The normalized spacial score (nSPS) is 22.3. The molecule has 5 nitrogen and oxygen atoms in total. The Morgan fingerprint density at radius 3 is 2.52 bits per heavy atom. The first-order valence-corrected chi connectivity index (χ1v) is 7.98. The van der Waals surface area contributed by atoms with E-state index in [1.807, 2.05) is 58.0 Å². The number of nitrogens with one attached hydrogen (secondary N) is 1. The standard InChI is InChI=1S/C18H25NO4/c1-12-10-15(22-16(12)20)14(11-13-8-6-5-7-9-13)19-17(21)23-18(2,3)4/h5-9,12,14-15H,10-11H2,1-4H3,(H,19,21)/t12?,14-,15?/m0/s1. The molecule has 1 fully saturated rings. The fourth-order valence-corrected chi connectivity index (χ4v) is 2.61. The molecule has 1 aromatic rings. The number of alkyl carbamates (subject to hydrolysis) is 1. The van der Waals surface area contributed by atoms with E-state index in [4.69, 9.17) is 9.47 Å². The first-order valence-electron chi connectivity index (χ1n) is 7.98. The summed E-state index contributed by atoms with van der Waals surface area (Å²) in [7, 11) is 0. The van der Waals surface area contributed by atoms with Crippen LogP contribution >= 0.6 is 0 Å². The van der Waals surface area contributed by atoms with E-state index in [-0.39, 0.29) is 24.0 Å². The highest BCUT2D eigenvalue weighted by molar-refractivity contribution is 5.74. The van der Waals surface area contributed by atoms with Crippen molar-refractivity contribution in [3.63, 3.8) is 0 Å². The van der Waals surface area contributed by atoms with Gasteiger partial charge in [0, 0.05) is 0 Å². The Balaban J connectivity index is 2.08. The van der Waals surface area contributed by atoms with Gasteiger partial charge in [0.2, 0.25) is 0 Å². The summed E-state index contributed by atoms with van der Waals surface area (Å²) in [4.78, 5) is 23.8. The van der Waals surface area contributed by atoms with Gasteiger partial charge in [-0.1, -0.05) is 37.3 Å². The molecule has 1 heterocycles. The highest BCUT2D eigenvalue weighted by Crippen LogP contribution is 2.25. The maximum absolute atomic E-state index is 12.1. The maximum Gasteiger partial charge on any atom is 0.408 e. The molecular weight excluding hydrogens is 294 g/mol. The number of benzene rings is 1. The van der Waals surface area contributed by atoms with Crippen LogP contribution in [0.4, 0.5) is 4.79 Å². The molecule has 0 saturated carbocycles. The summed E-state index contributed by atoms with van der Waals surface area (Å²) in [6.45, 7) is 7.29. The predicted molar refractivity (Wildman–Crippen MR) is 87.0 cm³/mol. The number of rotatable bonds is 4. The van der Waals surface area contributed by atoms with Crippen molar-refractivity contribution < 1.29 is 19.1 Å². The number of cyclic esters (lactones) is 1. The van der Waals surface area contributed by atoms with Crippen LogP contribution in [0.15, 0.2) is 30.3 Å². The quantitative estimate of drug-likeness (QED) is 0.866. The zero-order chi connectivity index (χ0) is 17.0. The van der Waals surface area contributed by atoms with E-state index in [0.29, 0.717) is 12.8 Å². The number of carbonyl (C=O) groups excluding carboxylic acids is 2. The SMILES string of the molecule is CC1CC([C@H](Cc2ccccc2)NC(=O)OC(C)(C)C)OC1=O. The van der Waals surface area contributed by atoms with Crippen LogP contribution in [-0.2, 0) is 20.7 Å². The Morgan fingerprint density at radius 1 is 1.35 bits per heavy atom. The van der Waals surface area contributed by atoms with Gasteiger partial charge in [-0.05, 0) is 39.2 Å². The number of amides is 1. The Bertz CT molecular complexity index is 550. The lowest BCUT2D eigenvalue weighted by Crippen LogP contribution is -2.46. The summed E-state index contributed by atoms with van der Waals surface area (Å²) in [6, 6.07) is 9.51. The molecule has 0 aliphatic carbocycles. The summed E-state index contributed by atoms with van der Waals surface area (Å²) in [5, 5.41) is 2.87. The lowest BCUT2D eigenvalue weighted by molar-refractivity contribution is -0.144. The minimum absolute atomic E-state index is 0.140. The average molecular weight is 319 g/mol. The molecule has 1 aliphatic rings. The van der Waals surface area contributed by atoms with Gasteiger partial charge >= 0.3 is 12.1 Å². The fourth-order valence-electron chi connectivity index (χ4n) is 2.61. The largest absolute Gasteiger partial charge is 0.460 e. The summed E-state index contributed by atoms with van der Waals surface area (Å²) in [5.74, 6) is -0.349. The molecular formula is C18H25NO4. The molecule has 23 heavy (non-hydrogen) atoms. The summed E-state index contributed by atoms with van der Waals surface area (Å²) >= 11 is 0. The maximum atomic E-state index is 12.1. The molecule has 0 aromatic heterocycles. The van der Waals surface area contributed by atoms with E-state index >= 15 is 0 Å². The van der Waals surface area contributed by atoms with Crippen LogP contribution in [0.2, 0.25) is 0 Å². The van der Waals surface area contributed by atoms with Crippen LogP contribution < -0.4 is 5.32 Å². The van der Waals surface area contributed by atoms with Gasteiger partial charge in [-0.3, -0.25) is 4.79 Å². The summed E-state index contributed by atoms with van der Waals surface area (Å²) in [6.07, 6.45) is 0.371. The van der Waals surface area contributed by atoms with E-state index in [2.05, 4.69) is 5.32 Å². The molecule has 126 valence electrons. The van der Waals surface area contributed by atoms with Crippen LogP contribution in [0.25, 0.3) is 0 Å². The van der Waals surface area contributed by atoms with Crippen LogP contribution in [-0.4, -0.2) is 29.8 Å². The zero-order valence-corrected chi connectivity index (χ0v) is 14.2. The topological polar surface area (TPSA) is 64.6 Å². The Kier molecular flexibility index (Phi) is 5.29. The number of carbonyl (C=O) groups is 2. The first kappa shape index (κ1) is 17.3. The summed E-state index contributed by atoms with van der Waals surface area (Å²) < 4.78 is 10.8. The monoisotopic (exact) mass is 319 g/mol. The minimum Gasteiger partial charge on any atom is -0.460 e. The molecule has 1 N–H and O–H groups in total. The van der Waals surface area contributed by atoms with E-state index in [1.165, 1.54) is 0 Å². The van der Waals surface area contributed by atoms with Crippen molar-refractivity contribution in [2.45, 2.75) is 58.3 Å². The third kappa shape index (κ3) is 5.27. The molecule has 0 bridgehead atoms. The van der Waals surface area contributed by atoms with Gasteiger partial charge in [0.15, 0.2) is 0 Å². The molecule has 1 amide bonds. The highest BCUT2D eigenvalue weighted by atomic mass is 16.6. The van der Waals surface area contributed by atoms with E-state index < -0.39 is 11.7 Å².